The molecule has 2 unspecified atom stereocenters. The van der Waals surface area contributed by atoms with Crippen molar-refractivity contribution in [1.82, 2.24) is 29.1 Å². The molecular formula is C30H29F3N8O2. The van der Waals surface area contributed by atoms with E-state index in [1.807, 2.05) is 18.2 Å². The molecule has 1 aliphatic heterocycles. The Bertz CT molecular complexity index is 1760. The number of rotatable bonds is 8. The Labute approximate surface area is 244 Å². The molecule has 0 spiro atoms. The zero-order chi connectivity index (χ0) is 30.1. The van der Waals surface area contributed by atoms with Gasteiger partial charge in [0.15, 0.2) is 0 Å². The van der Waals surface area contributed by atoms with Crippen molar-refractivity contribution in [3.8, 4) is 5.69 Å². The van der Waals surface area contributed by atoms with Gasteiger partial charge in [-0.15, -0.1) is 0 Å². The lowest BCUT2D eigenvalue weighted by molar-refractivity contribution is -0.0381. The van der Waals surface area contributed by atoms with Crippen molar-refractivity contribution >= 4 is 11.4 Å². The summed E-state index contributed by atoms with van der Waals surface area (Å²) in [4.78, 5) is 21.8. The maximum Gasteiger partial charge on any atom is 0.350 e. The van der Waals surface area contributed by atoms with Crippen LogP contribution in [0.5, 0.6) is 0 Å². The first kappa shape index (κ1) is 28.2. The topological polar surface area (TPSA) is 97.2 Å². The van der Waals surface area contributed by atoms with Crippen LogP contribution >= 0.6 is 0 Å². The van der Waals surface area contributed by atoms with Crippen LogP contribution in [0.25, 0.3) is 5.69 Å². The highest BCUT2D eigenvalue weighted by molar-refractivity contribution is 5.54. The fraction of sp³-hybridized carbons (Fsp3) is 0.267. The monoisotopic (exact) mass is 590 g/mol. The highest BCUT2D eigenvalue weighted by atomic mass is 19.1. The molecule has 1 fully saturated rings. The Morgan fingerprint density at radius 1 is 0.837 bits per heavy atom. The molecule has 0 radical (unpaired) electrons. The van der Waals surface area contributed by atoms with Crippen molar-refractivity contribution in [2.45, 2.75) is 25.1 Å². The van der Waals surface area contributed by atoms with Crippen LogP contribution in [-0.4, -0.2) is 60.4 Å². The smallest absolute Gasteiger partial charge is 0.350 e. The van der Waals surface area contributed by atoms with E-state index in [1.54, 1.807) is 18.2 Å². The maximum atomic E-state index is 15.0. The van der Waals surface area contributed by atoms with Crippen LogP contribution in [0.4, 0.5) is 24.5 Å². The van der Waals surface area contributed by atoms with Gasteiger partial charge in [-0.3, -0.25) is 0 Å². The number of halogens is 3. The molecule has 3 aromatic carbocycles. The van der Waals surface area contributed by atoms with Crippen molar-refractivity contribution < 1.29 is 18.3 Å². The second kappa shape index (κ2) is 11.4. The lowest BCUT2D eigenvalue weighted by Gasteiger charge is -2.37. The first-order valence-corrected chi connectivity index (χ1v) is 13.8. The molecule has 3 heterocycles. The first-order chi connectivity index (χ1) is 20.7. The average molecular weight is 591 g/mol. The number of anilines is 2. The van der Waals surface area contributed by atoms with E-state index in [9.17, 15) is 23.1 Å². The molecule has 1 aliphatic rings. The number of hydrogen-bond donors (Lipinski definition) is 1. The van der Waals surface area contributed by atoms with Crippen LogP contribution in [0.1, 0.15) is 18.5 Å². The van der Waals surface area contributed by atoms with E-state index in [-0.39, 0.29) is 17.9 Å². The summed E-state index contributed by atoms with van der Waals surface area (Å²) < 4.78 is 46.0. The van der Waals surface area contributed by atoms with Gasteiger partial charge in [0.25, 0.3) is 0 Å². The Kier molecular flexibility index (Phi) is 7.48. The zero-order valence-corrected chi connectivity index (χ0v) is 23.3. The van der Waals surface area contributed by atoms with E-state index < -0.39 is 29.0 Å². The van der Waals surface area contributed by atoms with Crippen LogP contribution in [0.15, 0.2) is 90.5 Å². The summed E-state index contributed by atoms with van der Waals surface area (Å²) in [5.41, 5.74) is -0.407. The normalized spacial score (nSPS) is 15.8. The highest BCUT2D eigenvalue weighted by Crippen LogP contribution is 2.36. The number of nitrogens with zero attached hydrogens (tertiary/aromatic N) is 8. The maximum absolute atomic E-state index is 15.0. The Morgan fingerprint density at radius 2 is 1.51 bits per heavy atom. The fourth-order valence-electron chi connectivity index (χ4n) is 5.53. The van der Waals surface area contributed by atoms with Gasteiger partial charge in [-0.25, -0.2) is 36.9 Å². The molecule has 1 saturated heterocycles. The van der Waals surface area contributed by atoms with Crippen molar-refractivity contribution in [2.24, 2.45) is 0 Å². The quantitative estimate of drug-likeness (QED) is 0.296. The predicted molar refractivity (Wildman–Crippen MR) is 154 cm³/mol. The minimum atomic E-state index is -2.04. The van der Waals surface area contributed by atoms with E-state index in [4.69, 9.17) is 0 Å². The van der Waals surface area contributed by atoms with Crippen LogP contribution < -0.4 is 15.5 Å². The van der Waals surface area contributed by atoms with E-state index in [0.29, 0.717) is 11.8 Å². The summed E-state index contributed by atoms with van der Waals surface area (Å²) in [6.07, 6.45) is 3.95. The van der Waals surface area contributed by atoms with Gasteiger partial charge in [0.05, 0.1) is 18.3 Å². The van der Waals surface area contributed by atoms with E-state index in [1.165, 1.54) is 47.3 Å². The summed E-state index contributed by atoms with van der Waals surface area (Å²) in [5.74, 6) is -2.02. The number of aliphatic hydroxyl groups is 1. The molecule has 43 heavy (non-hydrogen) atoms. The second-order valence-electron chi connectivity index (χ2n) is 10.5. The summed E-state index contributed by atoms with van der Waals surface area (Å²) in [6, 6.07) is 15.8. The van der Waals surface area contributed by atoms with Gasteiger partial charge < -0.3 is 14.9 Å². The molecule has 0 amide bonds. The molecule has 1 N–H and O–H groups in total. The predicted octanol–water partition coefficient (Wildman–Crippen LogP) is 3.52. The lowest BCUT2D eigenvalue weighted by Crippen LogP contribution is -2.46. The minimum absolute atomic E-state index is 0.208. The Morgan fingerprint density at radius 3 is 2.16 bits per heavy atom. The summed E-state index contributed by atoms with van der Waals surface area (Å²) >= 11 is 0. The van der Waals surface area contributed by atoms with Crippen molar-refractivity contribution in [1.29, 1.82) is 0 Å². The molecule has 6 rings (SSSR count). The van der Waals surface area contributed by atoms with Crippen LogP contribution in [-0.2, 0) is 12.1 Å². The number of aromatic nitrogens is 6. The number of hydrogen-bond acceptors (Lipinski definition) is 7. The van der Waals surface area contributed by atoms with Crippen molar-refractivity contribution in [2.75, 3.05) is 36.0 Å². The van der Waals surface area contributed by atoms with E-state index in [2.05, 4.69) is 25.0 Å². The van der Waals surface area contributed by atoms with Crippen LogP contribution in [0, 0.1) is 17.5 Å². The van der Waals surface area contributed by atoms with Gasteiger partial charge in [-0.1, -0.05) is 12.1 Å². The van der Waals surface area contributed by atoms with Gasteiger partial charge in [0.1, 0.15) is 42.0 Å². The first-order valence-electron chi connectivity index (χ1n) is 13.8. The third kappa shape index (κ3) is 5.50. The summed E-state index contributed by atoms with van der Waals surface area (Å²) in [5, 5.41) is 20.1. The standard InChI is InChI=1S/C30H29F3N8O2/c1-21(30(43,17-39-19-34-18-35-39)27-10-5-23(32)16-28(27)33)41-29(42)40(20-36-41)25-8-6-24(7-9-25)37-11-13-38(14-12-37)26-4-2-3-22(31)15-26/h2-10,15-16,18-21,43H,11-14,17H2,1H3. The average Bonchev–Trinajstić information content (AvgIpc) is 3.66. The van der Waals surface area contributed by atoms with Gasteiger partial charge in [-0.2, -0.15) is 10.2 Å². The van der Waals surface area contributed by atoms with Crippen molar-refractivity contribution in [3.05, 3.63) is 119 Å². The molecule has 13 heteroatoms. The van der Waals surface area contributed by atoms with Gasteiger partial charge in [0, 0.05) is 49.2 Å². The second-order valence-corrected chi connectivity index (χ2v) is 10.5. The van der Waals surface area contributed by atoms with Crippen LogP contribution in [0.3, 0.4) is 0 Å². The molecule has 2 atom stereocenters. The third-order valence-electron chi connectivity index (χ3n) is 7.96. The SMILES string of the molecule is CC(n1ncn(-c2ccc(N3CCN(c4cccc(F)c4)CC3)cc2)c1=O)C(O)(Cn1cncn1)c1ccc(F)cc1F. The molecule has 0 saturated carbocycles. The molecule has 10 nitrogen and oxygen atoms in total. The number of piperazine rings is 1. The molecule has 5 aromatic rings. The molecule has 0 bridgehead atoms. The molecular weight excluding hydrogens is 561 g/mol. The molecule has 222 valence electrons. The Balaban J connectivity index is 1.22. The minimum Gasteiger partial charge on any atom is -0.381 e. The molecule has 2 aromatic heterocycles. The van der Waals surface area contributed by atoms with E-state index in [0.717, 1.165) is 54.4 Å². The van der Waals surface area contributed by atoms with Gasteiger partial charge in [0.2, 0.25) is 0 Å². The molecule has 0 aliphatic carbocycles. The highest BCUT2D eigenvalue weighted by Gasteiger charge is 2.42. The van der Waals surface area contributed by atoms with Crippen molar-refractivity contribution in [3.63, 3.8) is 0 Å². The third-order valence-corrected chi connectivity index (χ3v) is 7.96. The van der Waals surface area contributed by atoms with Gasteiger partial charge >= 0.3 is 5.69 Å². The summed E-state index contributed by atoms with van der Waals surface area (Å²) in [7, 11) is 0. The largest absolute Gasteiger partial charge is 0.381 e. The lowest BCUT2D eigenvalue weighted by atomic mass is 9.86. The van der Waals surface area contributed by atoms with E-state index >= 15 is 0 Å². The van der Waals surface area contributed by atoms with Gasteiger partial charge in [-0.05, 0) is 55.5 Å². The zero-order valence-electron chi connectivity index (χ0n) is 23.3. The number of benzene rings is 3. The Hall–Kier alpha value is -4.91. The fourth-order valence-corrected chi connectivity index (χ4v) is 5.53. The summed E-state index contributed by atoms with van der Waals surface area (Å²) in [6.45, 7) is 4.23. The van der Waals surface area contributed by atoms with Crippen LogP contribution in [0.2, 0.25) is 0 Å².